The SMILES string of the molecule is O=C1C2CC2C(=O)N1CC1=CCNCC1. The first-order valence-electron chi connectivity index (χ1n) is 5.51. The van der Waals surface area contributed by atoms with Crippen molar-refractivity contribution in [3.05, 3.63) is 11.6 Å². The minimum absolute atomic E-state index is 0.0415. The predicted molar refractivity (Wildman–Crippen MR) is 53.9 cm³/mol. The van der Waals surface area contributed by atoms with E-state index in [9.17, 15) is 9.59 Å². The number of hydrogen-bond donors (Lipinski definition) is 1. The van der Waals surface area contributed by atoms with Crippen molar-refractivity contribution in [2.45, 2.75) is 12.8 Å². The lowest BCUT2D eigenvalue weighted by Gasteiger charge is -2.21. The van der Waals surface area contributed by atoms with E-state index in [-0.39, 0.29) is 23.7 Å². The third kappa shape index (κ3) is 1.40. The summed E-state index contributed by atoms with van der Waals surface area (Å²) in [7, 11) is 0. The molecule has 1 aliphatic carbocycles. The normalized spacial score (nSPS) is 34.1. The second-order valence-corrected chi connectivity index (χ2v) is 4.53. The van der Waals surface area contributed by atoms with Gasteiger partial charge in [-0.25, -0.2) is 0 Å². The van der Waals surface area contributed by atoms with Crippen LogP contribution in [0.3, 0.4) is 0 Å². The van der Waals surface area contributed by atoms with Gasteiger partial charge in [-0.15, -0.1) is 0 Å². The second kappa shape index (κ2) is 3.17. The average Bonchev–Trinajstić information content (AvgIpc) is 3.01. The highest BCUT2D eigenvalue weighted by atomic mass is 16.2. The van der Waals surface area contributed by atoms with Crippen LogP contribution in [0.2, 0.25) is 0 Å². The van der Waals surface area contributed by atoms with E-state index in [4.69, 9.17) is 0 Å². The van der Waals surface area contributed by atoms with Crippen LogP contribution < -0.4 is 5.32 Å². The number of likely N-dealkylation sites (tertiary alicyclic amines) is 1. The molecule has 2 amide bonds. The van der Waals surface area contributed by atoms with Crippen LogP contribution >= 0.6 is 0 Å². The Bertz CT molecular complexity index is 342. The number of carbonyl (C=O) groups is 2. The van der Waals surface area contributed by atoms with Gasteiger partial charge in [-0.3, -0.25) is 14.5 Å². The minimum Gasteiger partial charge on any atom is -0.313 e. The van der Waals surface area contributed by atoms with Crippen molar-refractivity contribution >= 4 is 11.8 Å². The first-order chi connectivity index (χ1) is 7.27. The molecule has 2 unspecified atom stereocenters. The quantitative estimate of drug-likeness (QED) is 0.507. The summed E-state index contributed by atoms with van der Waals surface area (Å²) in [6.07, 6.45) is 3.84. The van der Waals surface area contributed by atoms with Crippen molar-refractivity contribution in [2.75, 3.05) is 19.6 Å². The summed E-state index contributed by atoms with van der Waals surface area (Å²) in [6, 6.07) is 0. The number of hydrogen-bond acceptors (Lipinski definition) is 3. The molecule has 4 nitrogen and oxygen atoms in total. The number of imide groups is 1. The van der Waals surface area contributed by atoms with Crippen LogP contribution in [0.5, 0.6) is 0 Å². The van der Waals surface area contributed by atoms with Crippen molar-refractivity contribution in [3.63, 3.8) is 0 Å². The van der Waals surface area contributed by atoms with Gasteiger partial charge < -0.3 is 5.32 Å². The summed E-state index contributed by atoms with van der Waals surface area (Å²) in [6.45, 7) is 2.35. The van der Waals surface area contributed by atoms with E-state index in [2.05, 4.69) is 11.4 Å². The molecule has 2 fully saturated rings. The van der Waals surface area contributed by atoms with Gasteiger partial charge in [-0.1, -0.05) is 11.6 Å². The largest absolute Gasteiger partial charge is 0.313 e. The van der Waals surface area contributed by atoms with Gasteiger partial charge in [0.15, 0.2) is 0 Å². The van der Waals surface area contributed by atoms with E-state index in [0.29, 0.717) is 6.54 Å². The molecular weight excluding hydrogens is 192 g/mol. The maximum Gasteiger partial charge on any atom is 0.233 e. The summed E-state index contributed by atoms with van der Waals surface area (Å²) in [4.78, 5) is 24.8. The maximum atomic E-state index is 11.7. The van der Waals surface area contributed by atoms with Gasteiger partial charge in [0.25, 0.3) is 0 Å². The number of piperidine rings is 1. The lowest BCUT2D eigenvalue weighted by atomic mass is 10.1. The molecule has 15 heavy (non-hydrogen) atoms. The zero-order valence-corrected chi connectivity index (χ0v) is 8.53. The average molecular weight is 206 g/mol. The van der Waals surface area contributed by atoms with Gasteiger partial charge in [0.1, 0.15) is 0 Å². The van der Waals surface area contributed by atoms with Crippen LogP contribution in [-0.2, 0) is 9.59 Å². The number of fused-ring (bicyclic) bond motifs is 1. The Kier molecular flexibility index (Phi) is 1.92. The molecule has 1 N–H and O–H groups in total. The van der Waals surface area contributed by atoms with Crippen molar-refractivity contribution in [2.24, 2.45) is 11.8 Å². The van der Waals surface area contributed by atoms with Crippen molar-refractivity contribution in [3.8, 4) is 0 Å². The molecule has 80 valence electrons. The number of amides is 2. The fraction of sp³-hybridized carbons (Fsp3) is 0.636. The van der Waals surface area contributed by atoms with Crippen molar-refractivity contribution < 1.29 is 9.59 Å². The third-order valence-electron chi connectivity index (χ3n) is 3.48. The van der Waals surface area contributed by atoms with E-state index < -0.39 is 0 Å². The first kappa shape index (κ1) is 9.09. The van der Waals surface area contributed by atoms with E-state index in [1.807, 2.05) is 0 Å². The number of rotatable bonds is 2. The summed E-state index contributed by atoms with van der Waals surface area (Å²) < 4.78 is 0. The van der Waals surface area contributed by atoms with Crippen LogP contribution in [-0.4, -0.2) is 36.3 Å². The van der Waals surface area contributed by atoms with E-state index in [1.54, 1.807) is 0 Å². The summed E-state index contributed by atoms with van der Waals surface area (Å²) >= 11 is 0. The zero-order chi connectivity index (χ0) is 10.4. The molecule has 0 aromatic rings. The smallest absolute Gasteiger partial charge is 0.233 e. The van der Waals surface area contributed by atoms with E-state index in [1.165, 1.54) is 10.5 Å². The highest BCUT2D eigenvalue weighted by Crippen LogP contribution is 2.47. The highest BCUT2D eigenvalue weighted by molar-refractivity contribution is 6.09. The van der Waals surface area contributed by atoms with Gasteiger partial charge in [0.2, 0.25) is 11.8 Å². The van der Waals surface area contributed by atoms with Crippen molar-refractivity contribution in [1.82, 2.24) is 10.2 Å². The standard InChI is InChI=1S/C11H14N2O2/c14-10-8-5-9(8)11(15)13(10)6-7-1-3-12-4-2-7/h1,8-9,12H,2-6H2. The molecule has 0 radical (unpaired) electrons. The molecule has 3 aliphatic rings. The number of nitrogens with one attached hydrogen (secondary N) is 1. The van der Waals surface area contributed by atoms with Crippen molar-refractivity contribution in [1.29, 1.82) is 0 Å². The molecular formula is C11H14N2O2. The van der Waals surface area contributed by atoms with Gasteiger partial charge in [0.05, 0.1) is 11.8 Å². The molecule has 4 heteroatoms. The maximum absolute atomic E-state index is 11.7. The van der Waals surface area contributed by atoms with Gasteiger partial charge in [-0.2, -0.15) is 0 Å². The van der Waals surface area contributed by atoms with E-state index >= 15 is 0 Å². The molecule has 3 rings (SSSR count). The minimum atomic E-state index is 0.0415. The molecule has 2 aliphatic heterocycles. The first-order valence-corrected chi connectivity index (χ1v) is 5.51. The Morgan fingerprint density at radius 1 is 1.33 bits per heavy atom. The summed E-state index contributed by atoms with van der Waals surface area (Å²) in [5, 5.41) is 3.21. The second-order valence-electron chi connectivity index (χ2n) is 4.53. The monoisotopic (exact) mass is 206 g/mol. The van der Waals surface area contributed by atoms with Crippen LogP contribution in [0, 0.1) is 11.8 Å². The van der Waals surface area contributed by atoms with Crippen LogP contribution in [0.4, 0.5) is 0 Å². The Morgan fingerprint density at radius 3 is 2.67 bits per heavy atom. The Morgan fingerprint density at radius 2 is 2.07 bits per heavy atom. The van der Waals surface area contributed by atoms with E-state index in [0.717, 1.165) is 25.9 Å². The number of carbonyl (C=O) groups excluding carboxylic acids is 2. The topological polar surface area (TPSA) is 49.4 Å². The third-order valence-corrected chi connectivity index (χ3v) is 3.48. The van der Waals surface area contributed by atoms with Gasteiger partial charge >= 0.3 is 0 Å². The molecule has 0 aromatic carbocycles. The molecule has 0 spiro atoms. The molecule has 2 atom stereocenters. The molecule has 2 heterocycles. The van der Waals surface area contributed by atoms with Crippen LogP contribution in [0.15, 0.2) is 11.6 Å². The molecule has 0 bridgehead atoms. The fourth-order valence-corrected chi connectivity index (χ4v) is 2.42. The highest BCUT2D eigenvalue weighted by Gasteiger charge is 2.58. The molecule has 0 aromatic heterocycles. The predicted octanol–water partition coefficient (Wildman–Crippen LogP) is -0.0890. The lowest BCUT2D eigenvalue weighted by molar-refractivity contribution is -0.140. The molecule has 1 saturated carbocycles. The fourth-order valence-electron chi connectivity index (χ4n) is 2.42. The van der Waals surface area contributed by atoms with Crippen LogP contribution in [0.25, 0.3) is 0 Å². The zero-order valence-electron chi connectivity index (χ0n) is 8.53. The summed E-state index contributed by atoms with van der Waals surface area (Å²) in [5.74, 6) is 0.202. The van der Waals surface area contributed by atoms with Crippen LogP contribution in [0.1, 0.15) is 12.8 Å². The Balaban J connectivity index is 1.70. The Hall–Kier alpha value is -1.16. The Labute approximate surface area is 88.3 Å². The number of nitrogens with zero attached hydrogens (tertiary/aromatic N) is 1. The summed E-state index contributed by atoms with van der Waals surface area (Å²) in [5.41, 5.74) is 1.22. The lowest BCUT2D eigenvalue weighted by Crippen LogP contribution is -2.36. The van der Waals surface area contributed by atoms with Gasteiger partial charge in [0, 0.05) is 13.1 Å². The van der Waals surface area contributed by atoms with Gasteiger partial charge in [-0.05, 0) is 19.4 Å². The molecule has 1 saturated heterocycles.